The molecule has 2 fully saturated rings. The first kappa shape index (κ1) is 17.7. The number of hydrogen-bond donors (Lipinski definition) is 1. The van der Waals surface area contributed by atoms with E-state index in [1.807, 2.05) is 11.3 Å². The average molecular weight is 374 g/mol. The number of aromatic nitrogens is 2. The van der Waals surface area contributed by atoms with Crippen LogP contribution in [0, 0.1) is 6.92 Å². The molecule has 7 heteroatoms. The first-order valence-corrected chi connectivity index (χ1v) is 10.3. The summed E-state index contributed by atoms with van der Waals surface area (Å²) in [4.78, 5) is 15.1. The molecule has 0 radical (unpaired) electrons. The van der Waals surface area contributed by atoms with Crippen molar-refractivity contribution in [1.82, 2.24) is 15.3 Å². The van der Waals surface area contributed by atoms with Crippen LogP contribution >= 0.6 is 11.3 Å². The molecule has 0 spiro atoms. The van der Waals surface area contributed by atoms with Crippen molar-refractivity contribution in [1.29, 1.82) is 0 Å². The Morgan fingerprint density at radius 2 is 2.00 bits per heavy atom. The van der Waals surface area contributed by atoms with Gasteiger partial charge in [0.25, 0.3) is 0 Å². The fourth-order valence-electron chi connectivity index (χ4n) is 3.65. The van der Waals surface area contributed by atoms with Crippen LogP contribution in [0.3, 0.4) is 0 Å². The van der Waals surface area contributed by atoms with Crippen LogP contribution in [0.15, 0.2) is 23.8 Å². The largest absolute Gasteiger partial charge is 0.378 e. The van der Waals surface area contributed by atoms with Crippen molar-refractivity contribution in [2.75, 3.05) is 49.2 Å². The topological polar surface area (TPSA) is 53.5 Å². The van der Waals surface area contributed by atoms with Crippen molar-refractivity contribution in [2.24, 2.45) is 0 Å². The van der Waals surface area contributed by atoms with Crippen LogP contribution in [-0.2, 0) is 11.3 Å². The number of thiophene rings is 1. The van der Waals surface area contributed by atoms with Gasteiger partial charge < -0.3 is 19.9 Å². The van der Waals surface area contributed by atoms with Gasteiger partial charge in [0.2, 0.25) is 0 Å². The summed E-state index contributed by atoms with van der Waals surface area (Å²) in [5.74, 6) is 2.06. The van der Waals surface area contributed by atoms with E-state index in [0.717, 1.165) is 57.6 Å². The lowest BCUT2D eigenvalue weighted by molar-refractivity contribution is 0.122. The van der Waals surface area contributed by atoms with Crippen molar-refractivity contribution in [3.63, 3.8) is 0 Å². The SMILES string of the molecule is Cc1ccsc1CNC1CCCN(c2cc(N3CCOCC3)ncn2)C1. The minimum absolute atomic E-state index is 0.507. The number of nitrogens with one attached hydrogen (secondary N) is 1. The minimum atomic E-state index is 0.507. The second-order valence-corrected chi connectivity index (χ2v) is 8.03. The molecule has 0 aliphatic carbocycles. The summed E-state index contributed by atoms with van der Waals surface area (Å²) in [6.07, 6.45) is 4.12. The van der Waals surface area contributed by atoms with Gasteiger partial charge in [-0.15, -0.1) is 11.3 Å². The lowest BCUT2D eigenvalue weighted by Gasteiger charge is -2.35. The number of piperidine rings is 1. The zero-order valence-electron chi connectivity index (χ0n) is 15.4. The summed E-state index contributed by atoms with van der Waals surface area (Å²) in [5, 5.41) is 5.92. The summed E-state index contributed by atoms with van der Waals surface area (Å²) in [7, 11) is 0. The Bertz CT molecular complexity index is 715. The predicted molar refractivity (Wildman–Crippen MR) is 106 cm³/mol. The number of rotatable bonds is 5. The highest BCUT2D eigenvalue weighted by molar-refractivity contribution is 7.10. The Balaban J connectivity index is 1.38. The summed E-state index contributed by atoms with van der Waals surface area (Å²) in [6, 6.07) is 4.84. The van der Waals surface area contributed by atoms with Gasteiger partial charge in [-0.3, -0.25) is 0 Å². The number of morpholine rings is 1. The first-order chi connectivity index (χ1) is 12.8. The van der Waals surface area contributed by atoms with Crippen molar-refractivity contribution in [2.45, 2.75) is 32.4 Å². The van der Waals surface area contributed by atoms with E-state index in [4.69, 9.17) is 4.74 Å². The zero-order chi connectivity index (χ0) is 17.8. The molecule has 0 aromatic carbocycles. The minimum Gasteiger partial charge on any atom is -0.378 e. The van der Waals surface area contributed by atoms with Gasteiger partial charge in [0.1, 0.15) is 18.0 Å². The summed E-state index contributed by atoms with van der Waals surface area (Å²) in [5.41, 5.74) is 1.39. The smallest absolute Gasteiger partial charge is 0.134 e. The normalized spacial score (nSPS) is 21.2. The van der Waals surface area contributed by atoms with E-state index in [0.29, 0.717) is 6.04 Å². The third-order valence-corrected chi connectivity index (χ3v) is 6.26. The fourth-order valence-corrected chi connectivity index (χ4v) is 4.51. The fraction of sp³-hybridized carbons (Fsp3) is 0.579. The number of ether oxygens (including phenoxy) is 1. The Hall–Kier alpha value is -1.70. The highest BCUT2D eigenvalue weighted by Crippen LogP contribution is 2.22. The molecule has 2 aliphatic heterocycles. The van der Waals surface area contributed by atoms with Gasteiger partial charge in [-0.1, -0.05) is 0 Å². The maximum atomic E-state index is 5.44. The van der Waals surface area contributed by atoms with Gasteiger partial charge in [0.05, 0.1) is 13.2 Å². The zero-order valence-corrected chi connectivity index (χ0v) is 16.2. The number of nitrogens with zero attached hydrogens (tertiary/aromatic N) is 4. The molecule has 2 aromatic heterocycles. The van der Waals surface area contributed by atoms with E-state index in [2.05, 4.69) is 49.5 Å². The van der Waals surface area contributed by atoms with E-state index < -0.39 is 0 Å². The molecule has 140 valence electrons. The van der Waals surface area contributed by atoms with Crippen LogP contribution in [0.5, 0.6) is 0 Å². The maximum absolute atomic E-state index is 5.44. The summed E-state index contributed by atoms with van der Waals surface area (Å²) >= 11 is 1.84. The highest BCUT2D eigenvalue weighted by atomic mass is 32.1. The monoisotopic (exact) mass is 373 g/mol. The van der Waals surface area contributed by atoms with Crippen LogP contribution in [0.1, 0.15) is 23.3 Å². The van der Waals surface area contributed by atoms with Crippen LogP contribution in [0.2, 0.25) is 0 Å². The van der Waals surface area contributed by atoms with Crippen molar-refractivity contribution >= 4 is 23.0 Å². The molecule has 0 saturated carbocycles. The molecule has 6 nitrogen and oxygen atoms in total. The van der Waals surface area contributed by atoms with E-state index >= 15 is 0 Å². The van der Waals surface area contributed by atoms with Crippen LogP contribution in [0.4, 0.5) is 11.6 Å². The third-order valence-electron chi connectivity index (χ3n) is 5.24. The van der Waals surface area contributed by atoms with Crippen molar-refractivity contribution in [3.05, 3.63) is 34.3 Å². The van der Waals surface area contributed by atoms with E-state index in [9.17, 15) is 0 Å². The molecular weight excluding hydrogens is 346 g/mol. The molecular formula is C19H27N5OS. The maximum Gasteiger partial charge on any atom is 0.134 e. The summed E-state index contributed by atoms with van der Waals surface area (Å²) in [6.45, 7) is 8.58. The number of aryl methyl sites for hydroxylation is 1. The molecule has 26 heavy (non-hydrogen) atoms. The summed E-state index contributed by atoms with van der Waals surface area (Å²) < 4.78 is 5.44. The molecule has 2 aliphatic rings. The molecule has 2 aromatic rings. The molecule has 1 unspecified atom stereocenters. The predicted octanol–water partition coefficient (Wildman–Crippen LogP) is 2.44. The Labute approximate surface area is 159 Å². The standard InChI is InChI=1S/C19H27N5OS/c1-15-4-10-26-17(15)12-20-16-3-2-5-24(13-16)19-11-18(21-14-22-19)23-6-8-25-9-7-23/h4,10-11,14,16,20H,2-3,5-9,12-13H2,1H3. The van der Waals surface area contributed by atoms with Gasteiger partial charge in [0, 0.05) is 49.7 Å². The van der Waals surface area contributed by atoms with Gasteiger partial charge >= 0.3 is 0 Å². The molecule has 0 amide bonds. The van der Waals surface area contributed by atoms with Crippen LogP contribution < -0.4 is 15.1 Å². The van der Waals surface area contributed by atoms with E-state index in [1.165, 1.54) is 23.3 Å². The van der Waals surface area contributed by atoms with Gasteiger partial charge in [-0.25, -0.2) is 9.97 Å². The Kier molecular flexibility index (Phi) is 5.67. The van der Waals surface area contributed by atoms with Gasteiger partial charge in [-0.2, -0.15) is 0 Å². The van der Waals surface area contributed by atoms with Crippen molar-refractivity contribution < 1.29 is 4.74 Å². The van der Waals surface area contributed by atoms with Crippen LogP contribution in [-0.4, -0.2) is 55.4 Å². The molecule has 4 rings (SSSR count). The van der Waals surface area contributed by atoms with E-state index in [-0.39, 0.29) is 0 Å². The lowest BCUT2D eigenvalue weighted by atomic mass is 10.1. The highest BCUT2D eigenvalue weighted by Gasteiger charge is 2.22. The quantitative estimate of drug-likeness (QED) is 0.869. The van der Waals surface area contributed by atoms with Gasteiger partial charge in [0.15, 0.2) is 0 Å². The number of anilines is 2. The Morgan fingerprint density at radius 1 is 1.19 bits per heavy atom. The molecule has 0 bridgehead atoms. The molecule has 2 saturated heterocycles. The third kappa shape index (κ3) is 4.16. The second-order valence-electron chi connectivity index (χ2n) is 7.03. The average Bonchev–Trinajstić information content (AvgIpc) is 3.12. The molecule has 4 heterocycles. The molecule has 1 atom stereocenters. The van der Waals surface area contributed by atoms with Crippen molar-refractivity contribution in [3.8, 4) is 0 Å². The first-order valence-electron chi connectivity index (χ1n) is 9.45. The van der Waals surface area contributed by atoms with Gasteiger partial charge in [-0.05, 0) is 36.8 Å². The lowest BCUT2D eigenvalue weighted by Crippen LogP contribution is -2.46. The second kappa shape index (κ2) is 8.33. The van der Waals surface area contributed by atoms with E-state index in [1.54, 1.807) is 6.33 Å². The van der Waals surface area contributed by atoms with Crippen LogP contribution in [0.25, 0.3) is 0 Å². The molecule has 1 N–H and O–H groups in total. The number of hydrogen-bond acceptors (Lipinski definition) is 7. The Morgan fingerprint density at radius 3 is 2.77 bits per heavy atom.